The molecule has 1 aliphatic heterocycles. The maximum absolute atomic E-state index is 12.9. The van der Waals surface area contributed by atoms with Crippen molar-refractivity contribution >= 4 is 29.1 Å². The Hall–Kier alpha value is -2.60. The van der Waals surface area contributed by atoms with E-state index in [0.29, 0.717) is 11.7 Å². The van der Waals surface area contributed by atoms with Crippen LogP contribution in [-0.4, -0.2) is 34.5 Å². The van der Waals surface area contributed by atoms with Gasteiger partial charge in [0.15, 0.2) is 5.17 Å². The van der Waals surface area contributed by atoms with Crippen molar-refractivity contribution in [2.45, 2.75) is 38.5 Å². The van der Waals surface area contributed by atoms with Crippen molar-refractivity contribution in [2.75, 3.05) is 7.11 Å². The minimum atomic E-state index is -0.0797. The molecule has 0 N–H and O–H groups in total. The van der Waals surface area contributed by atoms with E-state index in [2.05, 4.69) is 36.2 Å². The Morgan fingerprint density at radius 2 is 1.93 bits per heavy atom. The normalized spacial score (nSPS) is 18.4. The van der Waals surface area contributed by atoms with Gasteiger partial charge in [0, 0.05) is 0 Å². The molecule has 28 heavy (non-hydrogen) atoms. The molecule has 2 aromatic carbocycles. The van der Waals surface area contributed by atoms with Crippen molar-refractivity contribution in [3.05, 3.63) is 65.2 Å². The third-order valence-corrected chi connectivity index (χ3v) is 5.86. The Morgan fingerprint density at radius 3 is 2.61 bits per heavy atom. The smallest absolute Gasteiger partial charge is 0.242 e. The highest BCUT2D eigenvalue weighted by Crippen LogP contribution is 2.32. The first kappa shape index (κ1) is 20.1. The molecule has 1 fully saturated rings. The predicted molar refractivity (Wildman–Crippen MR) is 116 cm³/mol. The lowest BCUT2D eigenvalue weighted by atomic mass is 10.1. The molecule has 146 valence electrons. The van der Waals surface area contributed by atoms with Gasteiger partial charge in [-0.3, -0.25) is 9.69 Å². The highest BCUT2D eigenvalue weighted by molar-refractivity contribution is 8.15. The summed E-state index contributed by atoms with van der Waals surface area (Å²) in [4.78, 5) is 14.6. The number of ether oxygens (including phenoxy) is 1. The summed E-state index contributed by atoms with van der Waals surface area (Å²) in [5, 5.41) is 9.19. The molecule has 0 aliphatic carbocycles. The lowest BCUT2D eigenvalue weighted by Gasteiger charge is -2.17. The summed E-state index contributed by atoms with van der Waals surface area (Å²) in [5.41, 5.74) is 3.22. The summed E-state index contributed by atoms with van der Waals surface area (Å²) in [6.45, 7) is 4.68. The standard InChI is InChI=1S/C22H25N3O2S/c1-4-7-20-21(26)25(15-18-9-6-5-8-16(18)2)22(28-20)24-23-14-17-10-12-19(27-3)13-11-17/h5-6,8-14,20H,4,7,15H2,1-3H3. The molecule has 0 saturated carbocycles. The highest BCUT2D eigenvalue weighted by Gasteiger charge is 2.37. The van der Waals surface area contributed by atoms with Crippen molar-refractivity contribution in [3.8, 4) is 5.75 Å². The Morgan fingerprint density at radius 1 is 1.18 bits per heavy atom. The van der Waals surface area contributed by atoms with Crippen LogP contribution in [0.25, 0.3) is 0 Å². The van der Waals surface area contributed by atoms with Gasteiger partial charge in [0.25, 0.3) is 0 Å². The van der Waals surface area contributed by atoms with Crippen LogP contribution in [-0.2, 0) is 11.3 Å². The van der Waals surface area contributed by atoms with Crippen LogP contribution in [0, 0.1) is 6.92 Å². The second-order valence-electron chi connectivity index (χ2n) is 6.65. The highest BCUT2D eigenvalue weighted by atomic mass is 32.2. The van der Waals surface area contributed by atoms with Gasteiger partial charge in [-0.15, -0.1) is 5.10 Å². The molecular formula is C22H25N3O2S. The monoisotopic (exact) mass is 395 g/mol. The lowest BCUT2D eigenvalue weighted by Crippen LogP contribution is -2.31. The Labute approximate surface area is 170 Å². The SMILES string of the molecule is CCCC1SC(=NN=Cc2ccc(OC)cc2)N(Cc2ccccc2C)C1=O. The van der Waals surface area contributed by atoms with Crippen LogP contribution in [0.1, 0.15) is 36.5 Å². The van der Waals surface area contributed by atoms with E-state index in [0.717, 1.165) is 29.7 Å². The number of aryl methyl sites for hydroxylation is 1. The van der Waals surface area contributed by atoms with Crippen LogP contribution in [0.15, 0.2) is 58.7 Å². The number of hydrogen-bond donors (Lipinski definition) is 0. The van der Waals surface area contributed by atoms with Crippen LogP contribution in [0.3, 0.4) is 0 Å². The summed E-state index contributed by atoms with van der Waals surface area (Å²) in [7, 11) is 1.64. The number of nitrogens with zero attached hydrogens (tertiary/aromatic N) is 3. The van der Waals surface area contributed by atoms with Crippen LogP contribution >= 0.6 is 11.8 Å². The maximum atomic E-state index is 12.9. The Kier molecular flexibility index (Phi) is 6.87. The van der Waals surface area contributed by atoms with Gasteiger partial charge in [0.2, 0.25) is 5.91 Å². The zero-order chi connectivity index (χ0) is 19.9. The number of carbonyl (C=O) groups excluding carboxylic acids is 1. The van der Waals surface area contributed by atoms with Crippen molar-refractivity contribution in [1.82, 2.24) is 4.90 Å². The fourth-order valence-electron chi connectivity index (χ4n) is 2.97. The molecule has 3 rings (SSSR count). The van der Waals surface area contributed by atoms with Crippen LogP contribution < -0.4 is 4.74 Å². The number of carbonyl (C=O) groups is 1. The van der Waals surface area contributed by atoms with E-state index >= 15 is 0 Å². The molecule has 6 heteroatoms. The number of methoxy groups -OCH3 is 1. The van der Waals surface area contributed by atoms with E-state index < -0.39 is 0 Å². The van der Waals surface area contributed by atoms with E-state index in [4.69, 9.17) is 4.74 Å². The molecule has 0 bridgehead atoms. The summed E-state index contributed by atoms with van der Waals surface area (Å²) < 4.78 is 5.16. The summed E-state index contributed by atoms with van der Waals surface area (Å²) in [6.07, 6.45) is 3.50. The first-order valence-electron chi connectivity index (χ1n) is 9.40. The quantitative estimate of drug-likeness (QED) is 0.507. The Bertz CT molecular complexity index is 878. The van der Waals surface area contributed by atoms with Gasteiger partial charge in [0.05, 0.1) is 25.1 Å². The number of amidine groups is 1. The van der Waals surface area contributed by atoms with Crippen molar-refractivity contribution in [3.63, 3.8) is 0 Å². The molecule has 0 radical (unpaired) electrons. The fraction of sp³-hybridized carbons (Fsp3) is 0.318. The second-order valence-corrected chi connectivity index (χ2v) is 7.82. The third kappa shape index (κ3) is 4.81. The van der Waals surface area contributed by atoms with Crippen LogP contribution in [0.2, 0.25) is 0 Å². The van der Waals surface area contributed by atoms with Gasteiger partial charge in [-0.05, 0) is 54.3 Å². The topological polar surface area (TPSA) is 54.3 Å². The largest absolute Gasteiger partial charge is 0.497 e. The lowest BCUT2D eigenvalue weighted by molar-refractivity contribution is -0.126. The van der Waals surface area contributed by atoms with Gasteiger partial charge in [-0.25, -0.2) is 0 Å². The molecule has 5 nitrogen and oxygen atoms in total. The zero-order valence-electron chi connectivity index (χ0n) is 16.5. The molecule has 1 atom stereocenters. The van der Waals surface area contributed by atoms with Crippen molar-refractivity contribution in [1.29, 1.82) is 0 Å². The summed E-state index contributed by atoms with van der Waals surface area (Å²) >= 11 is 1.51. The molecule has 1 heterocycles. The van der Waals surface area contributed by atoms with Gasteiger partial charge < -0.3 is 4.74 Å². The average molecular weight is 396 g/mol. The number of benzene rings is 2. The van der Waals surface area contributed by atoms with Crippen molar-refractivity contribution in [2.24, 2.45) is 10.2 Å². The van der Waals surface area contributed by atoms with E-state index in [9.17, 15) is 4.79 Å². The summed E-state index contributed by atoms with van der Waals surface area (Å²) in [6, 6.07) is 15.7. The Balaban J connectivity index is 1.80. The molecule has 1 aliphatic rings. The second kappa shape index (κ2) is 9.55. The number of rotatable bonds is 7. The predicted octanol–water partition coefficient (Wildman–Crippen LogP) is 4.64. The molecule has 1 saturated heterocycles. The van der Waals surface area contributed by atoms with E-state index in [1.165, 1.54) is 17.3 Å². The minimum Gasteiger partial charge on any atom is -0.497 e. The van der Waals surface area contributed by atoms with Gasteiger partial charge in [0.1, 0.15) is 5.75 Å². The van der Waals surface area contributed by atoms with Crippen LogP contribution in [0.4, 0.5) is 0 Å². The van der Waals surface area contributed by atoms with E-state index in [1.807, 2.05) is 36.4 Å². The minimum absolute atomic E-state index is 0.0797. The van der Waals surface area contributed by atoms with Gasteiger partial charge in [-0.1, -0.05) is 49.4 Å². The van der Waals surface area contributed by atoms with Gasteiger partial charge >= 0.3 is 0 Å². The molecule has 0 aromatic heterocycles. The number of amides is 1. The first-order chi connectivity index (χ1) is 13.6. The number of hydrogen-bond acceptors (Lipinski definition) is 5. The van der Waals surface area contributed by atoms with Gasteiger partial charge in [-0.2, -0.15) is 5.10 Å². The van der Waals surface area contributed by atoms with Crippen LogP contribution in [0.5, 0.6) is 5.75 Å². The average Bonchev–Trinajstić information content (AvgIpc) is 2.99. The van der Waals surface area contributed by atoms with E-state index in [1.54, 1.807) is 18.2 Å². The molecule has 2 aromatic rings. The van der Waals surface area contributed by atoms with Crippen molar-refractivity contribution < 1.29 is 9.53 Å². The maximum Gasteiger partial charge on any atom is 0.242 e. The zero-order valence-corrected chi connectivity index (χ0v) is 17.3. The first-order valence-corrected chi connectivity index (χ1v) is 10.3. The fourth-order valence-corrected chi connectivity index (χ4v) is 4.18. The van der Waals surface area contributed by atoms with E-state index in [-0.39, 0.29) is 11.2 Å². The summed E-state index contributed by atoms with van der Waals surface area (Å²) in [5.74, 6) is 0.917. The third-order valence-electron chi connectivity index (χ3n) is 4.63. The molecular weight excluding hydrogens is 370 g/mol. The molecule has 1 amide bonds. The number of thioether (sulfide) groups is 1. The molecule has 0 spiro atoms. The molecule has 1 unspecified atom stereocenters.